The minimum Gasteiger partial charge on any atom is -0.321 e. The molecule has 0 fully saturated rings. The first-order valence-electron chi connectivity index (χ1n) is 7.09. The second-order valence-electron chi connectivity index (χ2n) is 5.20. The molecular formula is C17H15FN4O. The predicted octanol–water partition coefficient (Wildman–Crippen LogP) is 3.28. The van der Waals surface area contributed by atoms with E-state index in [1.54, 1.807) is 30.5 Å². The van der Waals surface area contributed by atoms with Crippen LogP contribution in [0.4, 0.5) is 10.1 Å². The van der Waals surface area contributed by atoms with Gasteiger partial charge in [0, 0.05) is 17.5 Å². The van der Waals surface area contributed by atoms with Gasteiger partial charge in [0.05, 0.1) is 17.6 Å². The summed E-state index contributed by atoms with van der Waals surface area (Å²) in [5, 5.41) is 6.92. The normalized spacial score (nSPS) is 10.6. The molecule has 2 heterocycles. The minimum atomic E-state index is -0.505. The number of hydrogen-bond donors (Lipinski definition) is 1. The average molecular weight is 310 g/mol. The van der Waals surface area contributed by atoms with Crippen molar-refractivity contribution in [1.82, 2.24) is 14.8 Å². The van der Waals surface area contributed by atoms with Crippen LogP contribution in [-0.4, -0.2) is 20.7 Å². The summed E-state index contributed by atoms with van der Waals surface area (Å²) >= 11 is 0. The summed E-state index contributed by atoms with van der Waals surface area (Å²) in [7, 11) is 0. The minimum absolute atomic E-state index is 0.233. The summed E-state index contributed by atoms with van der Waals surface area (Å²) in [4.78, 5) is 16.1. The molecule has 0 aliphatic rings. The highest BCUT2D eigenvalue weighted by Gasteiger charge is 2.13. The molecule has 116 valence electrons. The number of carbonyl (C=O) groups is 1. The molecule has 0 saturated carbocycles. The van der Waals surface area contributed by atoms with Crippen LogP contribution < -0.4 is 5.32 Å². The summed E-state index contributed by atoms with van der Waals surface area (Å²) in [6, 6.07) is 9.61. The number of anilines is 1. The van der Waals surface area contributed by atoms with E-state index in [9.17, 15) is 9.18 Å². The Balaban J connectivity index is 1.87. The van der Waals surface area contributed by atoms with Crippen LogP contribution in [0.5, 0.6) is 0 Å². The van der Waals surface area contributed by atoms with E-state index in [4.69, 9.17) is 0 Å². The molecule has 3 aromatic rings. The van der Waals surface area contributed by atoms with Gasteiger partial charge in [-0.1, -0.05) is 0 Å². The molecule has 6 heteroatoms. The predicted molar refractivity (Wildman–Crippen MR) is 85.2 cm³/mol. The first-order chi connectivity index (χ1) is 11.0. The molecule has 0 spiro atoms. The number of halogens is 1. The molecule has 0 unspecified atom stereocenters. The molecule has 0 aliphatic heterocycles. The van der Waals surface area contributed by atoms with Crippen molar-refractivity contribution >= 4 is 11.6 Å². The second-order valence-corrected chi connectivity index (χ2v) is 5.20. The molecule has 0 radical (unpaired) electrons. The van der Waals surface area contributed by atoms with Crippen molar-refractivity contribution in [2.45, 2.75) is 13.8 Å². The summed E-state index contributed by atoms with van der Waals surface area (Å²) < 4.78 is 15.9. The van der Waals surface area contributed by atoms with Gasteiger partial charge in [0.2, 0.25) is 0 Å². The molecule has 0 aliphatic carbocycles. The lowest BCUT2D eigenvalue weighted by atomic mass is 10.1. The quantitative estimate of drug-likeness (QED) is 0.807. The molecule has 1 amide bonds. The fourth-order valence-corrected chi connectivity index (χ4v) is 2.33. The summed E-state index contributed by atoms with van der Waals surface area (Å²) in [6.07, 6.45) is 3.14. The maximum atomic E-state index is 14.4. The first-order valence-corrected chi connectivity index (χ1v) is 7.09. The Hall–Kier alpha value is -3.02. The zero-order valence-electron chi connectivity index (χ0n) is 12.7. The monoisotopic (exact) mass is 310 g/mol. The van der Waals surface area contributed by atoms with Gasteiger partial charge in [-0.05, 0) is 50.2 Å². The first kappa shape index (κ1) is 14.9. The number of rotatable bonds is 3. The number of nitrogens with one attached hydrogen (secondary N) is 1. The molecule has 3 rings (SSSR count). The Kier molecular flexibility index (Phi) is 3.89. The third-order valence-corrected chi connectivity index (χ3v) is 3.37. The van der Waals surface area contributed by atoms with Crippen LogP contribution in [0.3, 0.4) is 0 Å². The number of nitrogens with zero attached hydrogens (tertiary/aromatic N) is 3. The van der Waals surface area contributed by atoms with Crippen LogP contribution in [0.2, 0.25) is 0 Å². The molecule has 0 saturated heterocycles. The van der Waals surface area contributed by atoms with Crippen molar-refractivity contribution in [3.8, 4) is 5.69 Å². The van der Waals surface area contributed by atoms with Crippen molar-refractivity contribution in [3.05, 3.63) is 71.6 Å². The van der Waals surface area contributed by atoms with Crippen LogP contribution in [-0.2, 0) is 0 Å². The van der Waals surface area contributed by atoms with E-state index in [0.29, 0.717) is 11.4 Å². The molecule has 23 heavy (non-hydrogen) atoms. The number of benzene rings is 1. The number of hydrogen-bond acceptors (Lipinski definition) is 3. The Labute approximate surface area is 132 Å². The van der Waals surface area contributed by atoms with Gasteiger partial charge in [-0.2, -0.15) is 5.10 Å². The van der Waals surface area contributed by atoms with Gasteiger partial charge in [-0.3, -0.25) is 9.78 Å². The third-order valence-electron chi connectivity index (χ3n) is 3.37. The number of aryl methyl sites for hydroxylation is 2. The lowest BCUT2D eigenvalue weighted by molar-refractivity contribution is 0.102. The van der Waals surface area contributed by atoms with E-state index in [0.717, 1.165) is 11.4 Å². The number of pyridine rings is 1. The van der Waals surface area contributed by atoms with Crippen molar-refractivity contribution in [2.75, 3.05) is 5.32 Å². The van der Waals surface area contributed by atoms with Crippen LogP contribution in [0, 0.1) is 19.7 Å². The lowest BCUT2D eigenvalue weighted by Crippen LogP contribution is -2.13. The number of carbonyl (C=O) groups excluding carboxylic acids is 1. The molecule has 1 N–H and O–H groups in total. The second kappa shape index (κ2) is 6.00. The van der Waals surface area contributed by atoms with E-state index in [-0.39, 0.29) is 5.56 Å². The average Bonchev–Trinajstić information content (AvgIpc) is 2.86. The van der Waals surface area contributed by atoms with E-state index in [2.05, 4.69) is 15.4 Å². The highest BCUT2D eigenvalue weighted by Crippen LogP contribution is 2.18. The molecule has 0 bridgehead atoms. The topological polar surface area (TPSA) is 59.8 Å². The zero-order chi connectivity index (χ0) is 16.4. The van der Waals surface area contributed by atoms with E-state index >= 15 is 0 Å². The van der Waals surface area contributed by atoms with Gasteiger partial charge >= 0.3 is 0 Å². The fourth-order valence-electron chi connectivity index (χ4n) is 2.33. The Morgan fingerprint density at radius 2 is 2.04 bits per heavy atom. The largest absolute Gasteiger partial charge is 0.321 e. The van der Waals surface area contributed by atoms with Crippen molar-refractivity contribution < 1.29 is 9.18 Å². The summed E-state index contributed by atoms with van der Waals surface area (Å²) in [5.41, 5.74) is 2.74. The standard InChI is InChI=1S/C17H15FN4O/c1-11-8-12(2)22(21-11)16-6-5-13(9-15(16)18)17(23)20-14-4-3-7-19-10-14/h3-10H,1-2H3,(H,20,23). The van der Waals surface area contributed by atoms with Crippen LogP contribution in [0.1, 0.15) is 21.7 Å². The van der Waals surface area contributed by atoms with Gasteiger partial charge < -0.3 is 5.32 Å². The van der Waals surface area contributed by atoms with E-state index < -0.39 is 11.7 Å². The van der Waals surface area contributed by atoms with Gasteiger partial charge in [0.1, 0.15) is 11.5 Å². The van der Waals surface area contributed by atoms with E-state index in [1.807, 2.05) is 19.9 Å². The Morgan fingerprint density at radius 1 is 1.22 bits per heavy atom. The van der Waals surface area contributed by atoms with Gasteiger partial charge in [0.25, 0.3) is 5.91 Å². The Bertz CT molecular complexity index is 858. The lowest BCUT2D eigenvalue weighted by Gasteiger charge is -2.09. The van der Waals surface area contributed by atoms with Gasteiger partial charge in [0.15, 0.2) is 0 Å². The van der Waals surface area contributed by atoms with Crippen LogP contribution in [0.25, 0.3) is 5.69 Å². The van der Waals surface area contributed by atoms with Crippen molar-refractivity contribution in [3.63, 3.8) is 0 Å². The molecule has 1 aromatic carbocycles. The van der Waals surface area contributed by atoms with Gasteiger partial charge in [-0.25, -0.2) is 9.07 Å². The van der Waals surface area contributed by atoms with Crippen molar-refractivity contribution in [2.24, 2.45) is 0 Å². The number of amides is 1. The maximum absolute atomic E-state index is 14.4. The zero-order valence-corrected chi connectivity index (χ0v) is 12.7. The third kappa shape index (κ3) is 3.11. The highest BCUT2D eigenvalue weighted by atomic mass is 19.1. The summed E-state index contributed by atoms with van der Waals surface area (Å²) in [6.45, 7) is 3.69. The maximum Gasteiger partial charge on any atom is 0.255 e. The number of aromatic nitrogens is 3. The van der Waals surface area contributed by atoms with E-state index in [1.165, 1.54) is 16.9 Å². The van der Waals surface area contributed by atoms with Crippen molar-refractivity contribution in [1.29, 1.82) is 0 Å². The fraction of sp³-hybridized carbons (Fsp3) is 0.118. The SMILES string of the molecule is Cc1cc(C)n(-c2ccc(C(=O)Nc3cccnc3)cc2F)n1. The Morgan fingerprint density at radius 3 is 2.65 bits per heavy atom. The molecular weight excluding hydrogens is 295 g/mol. The molecule has 0 atom stereocenters. The summed E-state index contributed by atoms with van der Waals surface area (Å²) in [5.74, 6) is -0.896. The molecule has 5 nitrogen and oxygen atoms in total. The van der Waals surface area contributed by atoms with Gasteiger partial charge in [-0.15, -0.1) is 0 Å². The van der Waals surface area contributed by atoms with Crippen LogP contribution in [0.15, 0.2) is 48.8 Å². The molecule has 2 aromatic heterocycles. The highest BCUT2D eigenvalue weighted by molar-refractivity contribution is 6.04. The smallest absolute Gasteiger partial charge is 0.255 e. The van der Waals surface area contributed by atoms with Crippen LogP contribution >= 0.6 is 0 Å².